The molecule has 0 spiro atoms. The van der Waals surface area contributed by atoms with Gasteiger partial charge in [-0.1, -0.05) is 41.4 Å². The Hall–Kier alpha value is -1.38. The number of para-hydroxylation sites is 1. The van der Waals surface area contributed by atoms with Crippen molar-refractivity contribution in [3.63, 3.8) is 0 Å². The van der Waals surface area contributed by atoms with Gasteiger partial charge in [0.15, 0.2) is 0 Å². The molecule has 0 aliphatic heterocycles. The predicted octanol–water partition coefficient (Wildman–Crippen LogP) is 4.54. The zero-order chi connectivity index (χ0) is 13.7. The van der Waals surface area contributed by atoms with E-state index in [0.717, 1.165) is 18.8 Å². The van der Waals surface area contributed by atoms with E-state index in [0.29, 0.717) is 10.0 Å². The van der Waals surface area contributed by atoms with Crippen LogP contribution in [0, 0.1) is 0 Å². The fraction of sp³-hybridized carbons (Fsp3) is 0.200. The van der Waals surface area contributed by atoms with Crippen molar-refractivity contribution >= 4 is 34.6 Å². The fourth-order valence-electron chi connectivity index (χ4n) is 1.84. The molecule has 4 heteroatoms. The summed E-state index contributed by atoms with van der Waals surface area (Å²) in [5.74, 6) is 0. The molecule has 100 valence electrons. The second-order valence-electron chi connectivity index (χ2n) is 4.34. The maximum absolute atomic E-state index is 5.95. The first-order chi connectivity index (χ1) is 9.15. The van der Waals surface area contributed by atoms with Crippen LogP contribution in [0.5, 0.6) is 0 Å². The highest BCUT2D eigenvalue weighted by Gasteiger charge is 2.01. The normalized spacial score (nSPS) is 10.3. The van der Waals surface area contributed by atoms with Gasteiger partial charge in [0.25, 0.3) is 0 Å². The lowest BCUT2D eigenvalue weighted by Gasteiger charge is -2.19. The van der Waals surface area contributed by atoms with Gasteiger partial charge >= 0.3 is 0 Å². The van der Waals surface area contributed by atoms with Gasteiger partial charge in [0, 0.05) is 41.6 Å². The number of hydrogen-bond acceptors (Lipinski definition) is 2. The molecule has 0 aromatic heterocycles. The highest BCUT2D eigenvalue weighted by atomic mass is 35.5. The predicted molar refractivity (Wildman–Crippen MR) is 84.7 cm³/mol. The molecule has 2 aromatic rings. The zero-order valence-corrected chi connectivity index (χ0v) is 12.2. The van der Waals surface area contributed by atoms with E-state index < -0.39 is 0 Å². The van der Waals surface area contributed by atoms with Gasteiger partial charge in [-0.3, -0.25) is 0 Å². The van der Waals surface area contributed by atoms with Gasteiger partial charge in [-0.25, -0.2) is 0 Å². The van der Waals surface area contributed by atoms with Gasteiger partial charge in [0.1, 0.15) is 0 Å². The Kier molecular flexibility index (Phi) is 4.94. The molecule has 0 aliphatic carbocycles. The summed E-state index contributed by atoms with van der Waals surface area (Å²) in [5, 5.41) is 4.61. The van der Waals surface area contributed by atoms with Crippen molar-refractivity contribution in [2.45, 2.75) is 0 Å². The summed E-state index contributed by atoms with van der Waals surface area (Å²) in [5.41, 5.74) is 2.15. The molecular formula is C15H16Cl2N2. The van der Waals surface area contributed by atoms with E-state index in [1.165, 1.54) is 5.69 Å². The average molecular weight is 295 g/mol. The van der Waals surface area contributed by atoms with Crippen LogP contribution >= 0.6 is 23.2 Å². The Morgan fingerprint density at radius 1 is 1.00 bits per heavy atom. The van der Waals surface area contributed by atoms with Crippen LogP contribution in [-0.4, -0.2) is 20.1 Å². The molecule has 0 amide bonds. The first-order valence-electron chi connectivity index (χ1n) is 6.11. The van der Waals surface area contributed by atoms with E-state index in [1.54, 1.807) is 6.07 Å². The number of likely N-dealkylation sites (N-methyl/N-ethyl adjacent to an activating group) is 1. The van der Waals surface area contributed by atoms with Crippen LogP contribution in [0.15, 0.2) is 48.5 Å². The largest absolute Gasteiger partial charge is 0.383 e. The molecule has 2 rings (SSSR count). The summed E-state index contributed by atoms with van der Waals surface area (Å²) in [6, 6.07) is 15.7. The van der Waals surface area contributed by atoms with E-state index in [-0.39, 0.29) is 0 Å². The minimum absolute atomic E-state index is 0.645. The summed E-state index contributed by atoms with van der Waals surface area (Å²) >= 11 is 11.9. The van der Waals surface area contributed by atoms with Gasteiger partial charge < -0.3 is 10.2 Å². The van der Waals surface area contributed by atoms with Crippen molar-refractivity contribution in [1.29, 1.82) is 0 Å². The molecule has 0 bridgehead atoms. The summed E-state index contributed by atoms with van der Waals surface area (Å²) in [6.07, 6.45) is 0. The third kappa shape index (κ3) is 4.34. The Labute approximate surface area is 123 Å². The van der Waals surface area contributed by atoms with Gasteiger partial charge in [0.05, 0.1) is 0 Å². The Morgan fingerprint density at radius 2 is 1.63 bits per heavy atom. The van der Waals surface area contributed by atoms with Crippen molar-refractivity contribution in [2.75, 3.05) is 30.4 Å². The van der Waals surface area contributed by atoms with Crippen molar-refractivity contribution in [3.8, 4) is 0 Å². The van der Waals surface area contributed by atoms with Gasteiger partial charge in [-0.05, 0) is 30.3 Å². The Morgan fingerprint density at radius 3 is 2.26 bits per heavy atom. The smallest absolute Gasteiger partial charge is 0.0441 e. The number of benzene rings is 2. The molecule has 19 heavy (non-hydrogen) atoms. The van der Waals surface area contributed by atoms with Crippen LogP contribution in [0.25, 0.3) is 0 Å². The van der Waals surface area contributed by atoms with E-state index in [1.807, 2.05) is 30.3 Å². The SMILES string of the molecule is CN(CCNc1cc(Cl)cc(Cl)c1)c1ccccc1. The molecule has 0 radical (unpaired) electrons. The number of nitrogens with zero attached hydrogens (tertiary/aromatic N) is 1. The number of halogens is 2. The zero-order valence-electron chi connectivity index (χ0n) is 10.7. The van der Waals surface area contributed by atoms with Crippen LogP contribution in [0.1, 0.15) is 0 Å². The van der Waals surface area contributed by atoms with Crippen LogP contribution in [0.2, 0.25) is 10.0 Å². The molecule has 1 N–H and O–H groups in total. The molecule has 2 aromatic carbocycles. The maximum Gasteiger partial charge on any atom is 0.0441 e. The molecule has 0 fully saturated rings. The number of nitrogens with one attached hydrogen (secondary N) is 1. The van der Waals surface area contributed by atoms with Gasteiger partial charge in [0.2, 0.25) is 0 Å². The Bertz CT molecular complexity index is 509. The molecule has 0 unspecified atom stereocenters. The van der Waals surface area contributed by atoms with Crippen molar-refractivity contribution < 1.29 is 0 Å². The highest BCUT2D eigenvalue weighted by molar-refractivity contribution is 6.35. The number of hydrogen-bond donors (Lipinski definition) is 1. The summed E-state index contributed by atoms with van der Waals surface area (Å²) in [6.45, 7) is 1.72. The van der Waals surface area contributed by atoms with E-state index in [9.17, 15) is 0 Å². The highest BCUT2D eigenvalue weighted by Crippen LogP contribution is 2.22. The third-order valence-corrected chi connectivity index (χ3v) is 3.27. The quantitative estimate of drug-likeness (QED) is 0.871. The van der Waals surface area contributed by atoms with Gasteiger partial charge in [-0.15, -0.1) is 0 Å². The van der Waals surface area contributed by atoms with Crippen LogP contribution in [-0.2, 0) is 0 Å². The second-order valence-corrected chi connectivity index (χ2v) is 5.21. The van der Waals surface area contributed by atoms with E-state index >= 15 is 0 Å². The summed E-state index contributed by atoms with van der Waals surface area (Å²) in [4.78, 5) is 2.19. The molecule has 0 heterocycles. The number of anilines is 2. The molecular weight excluding hydrogens is 279 g/mol. The average Bonchev–Trinajstić information content (AvgIpc) is 2.38. The molecule has 0 atom stereocenters. The van der Waals surface area contributed by atoms with E-state index in [4.69, 9.17) is 23.2 Å². The van der Waals surface area contributed by atoms with Crippen LogP contribution < -0.4 is 10.2 Å². The maximum atomic E-state index is 5.95. The lowest BCUT2D eigenvalue weighted by molar-refractivity contribution is 0.915. The number of rotatable bonds is 5. The monoisotopic (exact) mass is 294 g/mol. The topological polar surface area (TPSA) is 15.3 Å². The summed E-state index contributed by atoms with van der Waals surface area (Å²) < 4.78 is 0. The van der Waals surface area contributed by atoms with Crippen molar-refractivity contribution in [2.24, 2.45) is 0 Å². The molecule has 0 saturated carbocycles. The van der Waals surface area contributed by atoms with Crippen LogP contribution in [0.3, 0.4) is 0 Å². The minimum Gasteiger partial charge on any atom is -0.383 e. The fourth-order valence-corrected chi connectivity index (χ4v) is 2.36. The summed E-state index contributed by atoms with van der Waals surface area (Å²) in [7, 11) is 2.07. The standard InChI is InChI=1S/C15H16Cl2N2/c1-19(15-5-3-2-4-6-15)8-7-18-14-10-12(16)9-13(17)11-14/h2-6,9-11,18H,7-8H2,1H3. The second kappa shape index (κ2) is 6.69. The third-order valence-electron chi connectivity index (χ3n) is 2.84. The lowest BCUT2D eigenvalue weighted by atomic mass is 10.3. The van der Waals surface area contributed by atoms with E-state index in [2.05, 4.69) is 29.4 Å². The van der Waals surface area contributed by atoms with Crippen molar-refractivity contribution in [3.05, 3.63) is 58.6 Å². The molecule has 0 saturated heterocycles. The first kappa shape index (κ1) is 14.0. The van der Waals surface area contributed by atoms with Gasteiger partial charge in [-0.2, -0.15) is 0 Å². The first-order valence-corrected chi connectivity index (χ1v) is 6.87. The van der Waals surface area contributed by atoms with Crippen molar-refractivity contribution in [1.82, 2.24) is 0 Å². The van der Waals surface area contributed by atoms with Crippen LogP contribution in [0.4, 0.5) is 11.4 Å². The molecule has 0 aliphatic rings. The lowest BCUT2D eigenvalue weighted by Crippen LogP contribution is -2.24. The Balaban J connectivity index is 1.86. The minimum atomic E-state index is 0.645. The molecule has 2 nitrogen and oxygen atoms in total.